The first kappa shape index (κ1) is 21.7. The van der Waals surface area contributed by atoms with Gasteiger partial charge >= 0.3 is 6.18 Å². The zero-order chi connectivity index (χ0) is 23.3. The van der Waals surface area contributed by atoms with E-state index in [-0.39, 0.29) is 5.69 Å². The minimum atomic E-state index is -4.65. The van der Waals surface area contributed by atoms with Crippen LogP contribution in [0.1, 0.15) is 35.1 Å². The first-order valence-electron chi connectivity index (χ1n) is 11.1. The molecule has 1 aliphatic heterocycles. The van der Waals surface area contributed by atoms with E-state index in [1.807, 2.05) is 36.1 Å². The molecule has 1 fully saturated rings. The Morgan fingerprint density at radius 1 is 1.09 bits per heavy atom. The van der Waals surface area contributed by atoms with Crippen LogP contribution in [-0.2, 0) is 19.0 Å². The molecule has 172 valence electrons. The van der Waals surface area contributed by atoms with E-state index >= 15 is 0 Å². The van der Waals surface area contributed by atoms with Gasteiger partial charge in [0.25, 0.3) is 5.56 Å². The van der Waals surface area contributed by atoms with Gasteiger partial charge in [-0.05, 0) is 62.4 Å². The van der Waals surface area contributed by atoms with Crippen LogP contribution in [0.5, 0.6) is 0 Å². The van der Waals surface area contributed by atoms with Crippen molar-refractivity contribution < 1.29 is 18.3 Å². The van der Waals surface area contributed by atoms with Crippen LogP contribution in [0, 0.1) is 6.92 Å². The molecule has 5 nitrogen and oxygen atoms in total. The Hall–Kier alpha value is -3.13. The molecule has 3 aromatic rings. The molecule has 2 aromatic carbocycles. The molecule has 0 bridgehead atoms. The molecule has 1 aromatic heterocycles. The van der Waals surface area contributed by atoms with Gasteiger partial charge in [0, 0.05) is 29.9 Å². The van der Waals surface area contributed by atoms with Gasteiger partial charge < -0.3 is 10.0 Å². The first-order chi connectivity index (χ1) is 15.7. The Balaban J connectivity index is 1.75. The van der Waals surface area contributed by atoms with E-state index in [0.717, 1.165) is 33.9 Å². The van der Waals surface area contributed by atoms with E-state index in [9.17, 15) is 23.1 Å². The number of benzene rings is 2. The highest BCUT2D eigenvalue weighted by Gasteiger charge is 2.36. The fourth-order valence-electron chi connectivity index (χ4n) is 4.87. The highest BCUT2D eigenvalue weighted by atomic mass is 19.4. The van der Waals surface area contributed by atoms with E-state index in [1.54, 1.807) is 0 Å². The van der Waals surface area contributed by atoms with E-state index in [1.165, 1.54) is 12.1 Å². The zero-order valence-electron chi connectivity index (χ0n) is 18.2. The average Bonchev–Trinajstić information content (AvgIpc) is 3.43. The molecule has 33 heavy (non-hydrogen) atoms. The van der Waals surface area contributed by atoms with Crippen LogP contribution in [0.3, 0.4) is 0 Å². The van der Waals surface area contributed by atoms with Gasteiger partial charge in [0.2, 0.25) is 0 Å². The molecule has 0 saturated carbocycles. The average molecular weight is 455 g/mol. The third-order valence-electron chi connectivity index (χ3n) is 6.49. The smallest absolute Gasteiger partial charge is 0.391 e. The highest BCUT2D eigenvalue weighted by molar-refractivity contribution is 5.66. The van der Waals surface area contributed by atoms with Gasteiger partial charge in [-0.1, -0.05) is 23.8 Å². The standard InChI is InChI=1S/C25H24F3N3O2/c1-15-4-2-5-16(12-15)23-19-6-3-7-20(19)24(33)31(29-23)22-13-17(30-11-10-18(32)14-30)8-9-21(22)25(26,27)28/h2,4-5,8-9,12-13,18,32H,3,6-7,10-11,14H2,1H3. The zero-order valence-corrected chi connectivity index (χ0v) is 18.2. The molecule has 8 heteroatoms. The minimum absolute atomic E-state index is 0.282. The van der Waals surface area contributed by atoms with Gasteiger partial charge in [0.1, 0.15) is 0 Å². The fraction of sp³-hybridized carbons (Fsp3) is 0.360. The molecule has 5 rings (SSSR count). The number of hydrogen-bond acceptors (Lipinski definition) is 4. The number of rotatable bonds is 3. The van der Waals surface area contributed by atoms with Crippen LogP contribution in [0.4, 0.5) is 18.9 Å². The largest absolute Gasteiger partial charge is 0.418 e. The topological polar surface area (TPSA) is 58.4 Å². The van der Waals surface area contributed by atoms with Gasteiger partial charge in [-0.25, -0.2) is 0 Å². The van der Waals surface area contributed by atoms with E-state index in [4.69, 9.17) is 0 Å². The second kappa shape index (κ2) is 8.02. The maximum Gasteiger partial charge on any atom is 0.418 e. The molecule has 1 N–H and O–H groups in total. The molecule has 0 radical (unpaired) electrons. The summed E-state index contributed by atoms with van der Waals surface area (Å²) in [5.41, 5.74) is 2.55. The summed E-state index contributed by atoms with van der Waals surface area (Å²) >= 11 is 0. The lowest BCUT2D eigenvalue weighted by Crippen LogP contribution is -2.29. The number of fused-ring (bicyclic) bond motifs is 1. The number of aromatic nitrogens is 2. The van der Waals surface area contributed by atoms with Crippen LogP contribution in [-0.4, -0.2) is 34.1 Å². The number of alkyl halides is 3. The highest BCUT2D eigenvalue weighted by Crippen LogP contribution is 2.37. The van der Waals surface area contributed by atoms with Crippen LogP contribution < -0.4 is 10.5 Å². The molecule has 2 heterocycles. The van der Waals surface area contributed by atoms with Crippen molar-refractivity contribution in [3.05, 3.63) is 75.1 Å². The monoisotopic (exact) mass is 455 g/mol. The van der Waals surface area contributed by atoms with Gasteiger partial charge in [-0.2, -0.15) is 23.0 Å². The third-order valence-corrected chi connectivity index (χ3v) is 6.49. The molecule has 0 spiro atoms. The molecular weight excluding hydrogens is 431 g/mol. The van der Waals surface area contributed by atoms with Crippen molar-refractivity contribution in [2.75, 3.05) is 18.0 Å². The molecule has 1 saturated heterocycles. The van der Waals surface area contributed by atoms with Crippen molar-refractivity contribution in [1.29, 1.82) is 0 Å². The van der Waals surface area contributed by atoms with Crippen molar-refractivity contribution in [3.63, 3.8) is 0 Å². The third kappa shape index (κ3) is 3.93. The number of aliphatic hydroxyl groups is 1. The molecule has 1 unspecified atom stereocenters. The van der Waals surface area contributed by atoms with Crippen molar-refractivity contribution >= 4 is 5.69 Å². The lowest BCUT2D eigenvalue weighted by atomic mass is 10.0. The predicted molar refractivity (Wildman–Crippen MR) is 120 cm³/mol. The number of aryl methyl sites for hydroxylation is 1. The van der Waals surface area contributed by atoms with Crippen molar-refractivity contribution in [2.24, 2.45) is 0 Å². The fourth-order valence-corrected chi connectivity index (χ4v) is 4.87. The van der Waals surface area contributed by atoms with E-state index in [0.29, 0.717) is 49.3 Å². The summed E-state index contributed by atoms with van der Waals surface area (Å²) in [6.07, 6.45) is -2.65. The second-order valence-electron chi connectivity index (χ2n) is 8.83. The summed E-state index contributed by atoms with van der Waals surface area (Å²) in [7, 11) is 0. The number of anilines is 1. The summed E-state index contributed by atoms with van der Waals surface area (Å²) in [6.45, 7) is 2.81. The number of β-amino-alcohol motifs (C(OH)–C–C–N with tert-alkyl or cyclic N) is 1. The van der Waals surface area contributed by atoms with Crippen molar-refractivity contribution in [1.82, 2.24) is 9.78 Å². The molecule has 1 atom stereocenters. The lowest BCUT2D eigenvalue weighted by molar-refractivity contribution is -0.137. The number of halogens is 3. The predicted octanol–water partition coefficient (Wildman–Crippen LogP) is 4.29. The van der Waals surface area contributed by atoms with Crippen LogP contribution in [0.15, 0.2) is 47.3 Å². The Bertz CT molecular complexity index is 1280. The number of aliphatic hydroxyl groups excluding tert-OH is 1. The Labute approximate surface area is 189 Å². The molecule has 2 aliphatic rings. The summed E-state index contributed by atoms with van der Waals surface area (Å²) in [5, 5.41) is 14.4. The number of hydrogen-bond donors (Lipinski definition) is 1. The van der Waals surface area contributed by atoms with Crippen LogP contribution in [0.25, 0.3) is 16.9 Å². The van der Waals surface area contributed by atoms with Gasteiger partial charge in [0.05, 0.1) is 23.0 Å². The summed E-state index contributed by atoms with van der Waals surface area (Å²) in [6, 6.07) is 11.4. The van der Waals surface area contributed by atoms with E-state index < -0.39 is 23.4 Å². The first-order valence-corrected chi connectivity index (χ1v) is 11.1. The number of nitrogens with zero attached hydrogens (tertiary/aromatic N) is 3. The summed E-state index contributed by atoms with van der Waals surface area (Å²) in [5.74, 6) is 0. The summed E-state index contributed by atoms with van der Waals surface area (Å²) in [4.78, 5) is 15.2. The molecule has 1 aliphatic carbocycles. The SMILES string of the molecule is Cc1cccc(-c2nn(-c3cc(N4CCC(O)C4)ccc3C(F)(F)F)c(=O)c3c2CCC3)c1. The van der Waals surface area contributed by atoms with Crippen molar-refractivity contribution in [2.45, 2.75) is 44.9 Å². The van der Waals surface area contributed by atoms with Crippen molar-refractivity contribution in [3.8, 4) is 16.9 Å². The van der Waals surface area contributed by atoms with Gasteiger partial charge in [-0.15, -0.1) is 0 Å². The molecular formula is C25H24F3N3O2. The Kier molecular flexibility index (Phi) is 5.28. The van der Waals surface area contributed by atoms with E-state index in [2.05, 4.69) is 5.10 Å². The van der Waals surface area contributed by atoms with Gasteiger partial charge in [0.15, 0.2) is 0 Å². The molecule has 0 amide bonds. The van der Waals surface area contributed by atoms with Crippen LogP contribution in [0.2, 0.25) is 0 Å². The lowest BCUT2D eigenvalue weighted by Gasteiger charge is -2.22. The minimum Gasteiger partial charge on any atom is -0.391 e. The van der Waals surface area contributed by atoms with Gasteiger partial charge in [-0.3, -0.25) is 4.79 Å². The second-order valence-corrected chi connectivity index (χ2v) is 8.83. The Morgan fingerprint density at radius 3 is 2.58 bits per heavy atom. The maximum atomic E-state index is 14.0. The normalized spacial score (nSPS) is 18.1. The quantitative estimate of drug-likeness (QED) is 0.640. The maximum absolute atomic E-state index is 14.0. The Morgan fingerprint density at radius 2 is 1.88 bits per heavy atom. The summed E-state index contributed by atoms with van der Waals surface area (Å²) < 4.78 is 42.9. The van der Waals surface area contributed by atoms with Crippen LogP contribution >= 0.6 is 0 Å².